The van der Waals surface area contributed by atoms with Crippen molar-refractivity contribution in [3.63, 3.8) is 0 Å². The number of benzene rings is 1. The fraction of sp³-hybridized carbons (Fsp3) is 0.368. The minimum Gasteiger partial charge on any atom is -0.472 e. The van der Waals surface area contributed by atoms with E-state index in [2.05, 4.69) is 5.32 Å². The molecular weight excluding hydrogens is 336 g/mol. The van der Waals surface area contributed by atoms with Gasteiger partial charge in [0.1, 0.15) is 12.3 Å². The Balaban J connectivity index is 1.41. The lowest BCUT2D eigenvalue weighted by Gasteiger charge is -2.34. The number of carbonyl (C=O) groups is 2. The lowest BCUT2D eigenvalue weighted by atomic mass is 10.0. The summed E-state index contributed by atoms with van der Waals surface area (Å²) in [7, 11) is 0. The van der Waals surface area contributed by atoms with Crippen molar-refractivity contribution in [1.82, 2.24) is 10.2 Å². The normalized spacial score (nSPS) is 18.6. The van der Waals surface area contributed by atoms with E-state index in [0.717, 1.165) is 18.4 Å². The van der Waals surface area contributed by atoms with Crippen molar-refractivity contribution in [3.8, 4) is 11.5 Å². The van der Waals surface area contributed by atoms with Crippen LogP contribution in [0.5, 0.6) is 11.5 Å². The maximum absolute atomic E-state index is 12.7. The Morgan fingerprint density at radius 2 is 2.04 bits per heavy atom. The highest BCUT2D eigenvalue weighted by Crippen LogP contribution is 2.32. The van der Waals surface area contributed by atoms with Gasteiger partial charge < -0.3 is 24.1 Å². The van der Waals surface area contributed by atoms with Crippen molar-refractivity contribution in [2.24, 2.45) is 0 Å². The van der Waals surface area contributed by atoms with Gasteiger partial charge in [-0.1, -0.05) is 6.07 Å². The molecule has 0 bridgehead atoms. The summed E-state index contributed by atoms with van der Waals surface area (Å²) in [5, 5.41) is 2.94. The van der Waals surface area contributed by atoms with Crippen LogP contribution in [0.3, 0.4) is 0 Å². The molecule has 1 aromatic heterocycles. The third-order valence-corrected chi connectivity index (χ3v) is 4.74. The van der Waals surface area contributed by atoms with Crippen LogP contribution in [0.1, 0.15) is 35.2 Å². The fourth-order valence-corrected chi connectivity index (χ4v) is 3.36. The molecule has 1 unspecified atom stereocenters. The second-order valence-electron chi connectivity index (χ2n) is 6.43. The average Bonchev–Trinajstić information content (AvgIpc) is 3.36. The predicted molar refractivity (Wildman–Crippen MR) is 91.8 cm³/mol. The molecule has 1 atom stereocenters. The molecule has 4 rings (SSSR count). The van der Waals surface area contributed by atoms with E-state index in [-0.39, 0.29) is 18.6 Å². The molecule has 2 aliphatic heterocycles. The number of nitrogens with one attached hydrogen (secondary N) is 1. The molecule has 0 saturated carbocycles. The molecule has 0 radical (unpaired) electrons. The number of hydrogen-bond acceptors (Lipinski definition) is 5. The Hall–Kier alpha value is -2.96. The Labute approximate surface area is 150 Å². The highest BCUT2D eigenvalue weighted by molar-refractivity contribution is 5.97. The predicted octanol–water partition coefficient (Wildman–Crippen LogP) is 2.32. The van der Waals surface area contributed by atoms with E-state index in [4.69, 9.17) is 13.9 Å². The highest BCUT2D eigenvalue weighted by atomic mass is 16.7. The van der Waals surface area contributed by atoms with Crippen LogP contribution in [-0.2, 0) is 11.3 Å². The third kappa shape index (κ3) is 3.24. The van der Waals surface area contributed by atoms with Gasteiger partial charge in [0.15, 0.2) is 11.5 Å². The second kappa shape index (κ2) is 7.11. The molecule has 1 fully saturated rings. The quantitative estimate of drug-likeness (QED) is 0.909. The number of fused-ring (bicyclic) bond motifs is 1. The first kappa shape index (κ1) is 16.5. The van der Waals surface area contributed by atoms with Crippen LogP contribution in [0.4, 0.5) is 0 Å². The van der Waals surface area contributed by atoms with E-state index in [1.807, 2.05) is 18.2 Å². The van der Waals surface area contributed by atoms with E-state index >= 15 is 0 Å². The zero-order valence-electron chi connectivity index (χ0n) is 14.3. The Bertz CT molecular complexity index is 802. The zero-order valence-corrected chi connectivity index (χ0v) is 14.3. The summed E-state index contributed by atoms with van der Waals surface area (Å²) in [6.07, 6.45) is 5.37. The van der Waals surface area contributed by atoms with Crippen molar-refractivity contribution in [1.29, 1.82) is 0 Å². The topological polar surface area (TPSA) is 81.0 Å². The lowest BCUT2D eigenvalue weighted by Crippen LogP contribution is -2.51. The van der Waals surface area contributed by atoms with Crippen molar-refractivity contribution in [2.45, 2.75) is 31.8 Å². The maximum atomic E-state index is 12.7. The van der Waals surface area contributed by atoms with Gasteiger partial charge in [0, 0.05) is 13.1 Å². The summed E-state index contributed by atoms with van der Waals surface area (Å²) < 4.78 is 15.6. The first-order chi connectivity index (χ1) is 12.7. The van der Waals surface area contributed by atoms with Crippen LogP contribution in [-0.4, -0.2) is 36.1 Å². The van der Waals surface area contributed by atoms with E-state index in [0.29, 0.717) is 36.6 Å². The fourth-order valence-electron chi connectivity index (χ4n) is 3.36. The van der Waals surface area contributed by atoms with Crippen LogP contribution in [0.15, 0.2) is 41.2 Å². The molecule has 7 nitrogen and oxygen atoms in total. The molecule has 136 valence electrons. The first-order valence-corrected chi connectivity index (χ1v) is 8.72. The molecule has 26 heavy (non-hydrogen) atoms. The van der Waals surface area contributed by atoms with Crippen LogP contribution < -0.4 is 14.8 Å². The Kier molecular flexibility index (Phi) is 4.51. The average molecular weight is 356 g/mol. The number of rotatable bonds is 4. The number of carbonyl (C=O) groups excluding carboxylic acids is 2. The number of nitrogens with zero attached hydrogens (tertiary/aromatic N) is 1. The van der Waals surface area contributed by atoms with Gasteiger partial charge in [-0.3, -0.25) is 9.59 Å². The van der Waals surface area contributed by atoms with Crippen LogP contribution in [0.25, 0.3) is 0 Å². The number of ether oxygens (including phenoxy) is 2. The third-order valence-electron chi connectivity index (χ3n) is 4.74. The Morgan fingerprint density at radius 1 is 1.15 bits per heavy atom. The Morgan fingerprint density at radius 3 is 2.88 bits per heavy atom. The number of furan rings is 1. The van der Waals surface area contributed by atoms with Crippen LogP contribution in [0, 0.1) is 0 Å². The number of likely N-dealkylation sites (tertiary alicyclic amines) is 1. The van der Waals surface area contributed by atoms with E-state index in [9.17, 15) is 9.59 Å². The molecule has 1 N–H and O–H groups in total. The van der Waals surface area contributed by atoms with Gasteiger partial charge in [-0.15, -0.1) is 0 Å². The van der Waals surface area contributed by atoms with E-state index in [1.54, 1.807) is 11.0 Å². The van der Waals surface area contributed by atoms with Crippen molar-refractivity contribution in [2.75, 3.05) is 13.3 Å². The molecular formula is C19H20N2O5. The molecule has 7 heteroatoms. The largest absolute Gasteiger partial charge is 0.472 e. The first-order valence-electron chi connectivity index (χ1n) is 8.72. The van der Waals surface area contributed by atoms with Gasteiger partial charge in [0.2, 0.25) is 12.7 Å². The van der Waals surface area contributed by atoms with Crippen LogP contribution in [0.2, 0.25) is 0 Å². The van der Waals surface area contributed by atoms with E-state index < -0.39 is 6.04 Å². The molecule has 2 aromatic rings. The summed E-state index contributed by atoms with van der Waals surface area (Å²) in [4.78, 5) is 27.0. The number of amides is 2. The highest BCUT2D eigenvalue weighted by Gasteiger charge is 2.32. The SMILES string of the molecule is O=C(NCc1ccc2c(c1)OCO2)C1CCCCN1C(=O)c1ccoc1. The van der Waals surface area contributed by atoms with Crippen molar-refractivity contribution >= 4 is 11.8 Å². The summed E-state index contributed by atoms with van der Waals surface area (Å²) >= 11 is 0. The molecule has 0 spiro atoms. The van der Waals surface area contributed by atoms with Gasteiger partial charge in [-0.25, -0.2) is 0 Å². The van der Waals surface area contributed by atoms with Crippen LogP contribution >= 0.6 is 0 Å². The molecule has 3 heterocycles. The molecule has 2 aliphatic rings. The monoisotopic (exact) mass is 356 g/mol. The summed E-state index contributed by atoms with van der Waals surface area (Å²) in [5.41, 5.74) is 1.39. The second-order valence-corrected chi connectivity index (χ2v) is 6.43. The van der Waals surface area contributed by atoms with E-state index in [1.165, 1.54) is 12.5 Å². The number of piperidine rings is 1. The summed E-state index contributed by atoms with van der Waals surface area (Å²) in [5.74, 6) is 1.09. The minimum atomic E-state index is -0.458. The van der Waals surface area contributed by atoms with Crippen molar-refractivity contribution in [3.05, 3.63) is 47.9 Å². The molecule has 1 aromatic carbocycles. The maximum Gasteiger partial charge on any atom is 0.257 e. The zero-order chi connectivity index (χ0) is 17.9. The number of hydrogen-bond donors (Lipinski definition) is 1. The summed E-state index contributed by atoms with van der Waals surface area (Å²) in [6, 6.07) is 6.75. The molecule has 0 aliphatic carbocycles. The van der Waals surface area contributed by atoms with Crippen molar-refractivity contribution < 1.29 is 23.5 Å². The van der Waals surface area contributed by atoms with Gasteiger partial charge in [0.05, 0.1) is 11.8 Å². The lowest BCUT2D eigenvalue weighted by molar-refractivity contribution is -0.126. The molecule has 1 saturated heterocycles. The van der Waals surface area contributed by atoms with Gasteiger partial charge in [0.25, 0.3) is 5.91 Å². The standard InChI is InChI=1S/C19H20N2O5/c22-18(20-10-13-4-5-16-17(9-13)26-12-25-16)15-3-1-2-7-21(15)19(23)14-6-8-24-11-14/h4-6,8-9,11,15H,1-3,7,10,12H2,(H,20,22). The van der Waals surface area contributed by atoms with Gasteiger partial charge in [-0.2, -0.15) is 0 Å². The minimum absolute atomic E-state index is 0.140. The molecule has 2 amide bonds. The smallest absolute Gasteiger partial charge is 0.257 e. The van der Waals surface area contributed by atoms with Gasteiger partial charge >= 0.3 is 0 Å². The summed E-state index contributed by atoms with van der Waals surface area (Å²) in [6.45, 7) is 1.17. The van der Waals surface area contributed by atoms with Gasteiger partial charge in [-0.05, 0) is 43.0 Å².